The number of hydrogen-bond donors (Lipinski definition) is 1. The number of hydrogen-bond acceptors (Lipinski definition) is 4. The molecule has 3 rings (SSSR count). The van der Waals surface area contributed by atoms with E-state index in [0.717, 1.165) is 6.54 Å². The molecule has 4 heteroatoms. The van der Waals surface area contributed by atoms with Crippen molar-refractivity contribution in [2.75, 3.05) is 25.4 Å². The molecule has 0 amide bonds. The van der Waals surface area contributed by atoms with E-state index in [0.29, 0.717) is 6.04 Å². The standard InChI is InChI=1S/C16H26N2S2/c1-13(11-18-6-3-2-4-7-18)17-10-15-9-14-12-19-8-5-16(14)20-15/h9,13,17H,2-8,10-12H2,1H3. The highest BCUT2D eigenvalue weighted by atomic mass is 32.2. The molecule has 1 fully saturated rings. The van der Waals surface area contributed by atoms with Crippen molar-refractivity contribution in [3.8, 4) is 0 Å². The molecule has 1 unspecified atom stereocenters. The zero-order valence-electron chi connectivity index (χ0n) is 12.5. The van der Waals surface area contributed by atoms with Crippen LogP contribution in [0, 0.1) is 0 Å². The second-order valence-corrected chi connectivity index (χ2v) is 8.43. The van der Waals surface area contributed by atoms with Crippen LogP contribution in [0.25, 0.3) is 0 Å². The van der Waals surface area contributed by atoms with Gasteiger partial charge in [0.05, 0.1) is 0 Å². The van der Waals surface area contributed by atoms with Crippen molar-refractivity contribution >= 4 is 23.1 Å². The Kier molecular flexibility index (Phi) is 5.43. The van der Waals surface area contributed by atoms with Crippen LogP contribution in [-0.2, 0) is 18.7 Å². The third-order valence-electron chi connectivity index (χ3n) is 4.28. The van der Waals surface area contributed by atoms with Gasteiger partial charge in [-0.1, -0.05) is 6.42 Å². The Bertz CT molecular complexity index is 401. The summed E-state index contributed by atoms with van der Waals surface area (Å²) in [4.78, 5) is 5.80. The Morgan fingerprint density at radius 1 is 1.30 bits per heavy atom. The van der Waals surface area contributed by atoms with Gasteiger partial charge >= 0.3 is 0 Å². The topological polar surface area (TPSA) is 15.3 Å². The summed E-state index contributed by atoms with van der Waals surface area (Å²) in [6.45, 7) is 7.20. The lowest BCUT2D eigenvalue weighted by Gasteiger charge is -2.29. The summed E-state index contributed by atoms with van der Waals surface area (Å²) >= 11 is 4.11. The number of rotatable bonds is 5. The minimum absolute atomic E-state index is 0.599. The summed E-state index contributed by atoms with van der Waals surface area (Å²) in [7, 11) is 0. The first-order valence-corrected chi connectivity index (χ1v) is 9.92. The molecule has 0 saturated carbocycles. The molecule has 2 nitrogen and oxygen atoms in total. The van der Waals surface area contributed by atoms with Crippen molar-refractivity contribution < 1.29 is 0 Å². The maximum atomic E-state index is 3.72. The van der Waals surface area contributed by atoms with Crippen LogP contribution in [0.2, 0.25) is 0 Å². The van der Waals surface area contributed by atoms with Gasteiger partial charge in [-0.25, -0.2) is 0 Å². The number of thiophene rings is 1. The highest BCUT2D eigenvalue weighted by Gasteiger charge is 2.15. The van der Waals surface area contributed by atoms with Gasteiger partial charge in [0, 0.05) is 34.6 Å². The summed E-state index contributed by atoms with van der Waals surface area (Å²) in [6.07, 6.45) is 5.50. The molecule has 1 saturated heterocycles. The van der Waals surface area contributed by atoms with Crippen LogP contribution in [0.15, 0.2) is 6.07 Å². The minimum Gasteiger partial charge on any atom is -0.308 e. The molecular weight excluding hydrogens is 284 g/mol. The van der Waals surface area contributed by atoms with Gasteiger partial charge < -0.3 is 10.2 Å². The molecule has 0 bridgehead atoms. The van der Waals surface area contributed by atoms with E-state index >= 15 is 0 Å². The van der Waals surface area contributed by atoms with E-state index in [4.69, 9.17) is 0 Å². The maximum absolute atomic E-state index is 3.72. The van der Waals surface area contributed by atoms with Gasteiger partial charge in [0.2, 0.25) is 0 Å². The Morgan fingerprint density at radius 3 is 2.95 bits per heavy atom. The Labute approximate surface area is 131 Å². The van der Waals surface area contributed by atoms with E-state index in [-0.39, 0.29) is 0 Å². The maximum Gasteiger partial charge on any atom is 0.0302 e. The number of thioether (sulfide) groups is 1. The van der Waals surface area contributed by atoms with Crippen LogP contribution in [0.3, 0.4) is 0 Å². The van der Waals surface area contributed by atoms with Gasteiger partial charge in [0.15, 0.2) is 0 Å². The zero-order chi connectivity index (χ0) is 13.8. The number of fused-ring (bicyclic) bond motifs is 1. The molecule has 2 aliphatic heterocycles. The van der Waals surface area contributed by atoms with Crippen LogP contribution in [0.5, 0.6) is 0 Å². The van der Waals surface area contributed by atoms with Crippen LogP contribution in [-0.4, -0.2) is 36.3 Å². The van der Waals surface area contributed by atoms with Crippen LogP contribution in [0.4, 0.5) is 0 Å². The molecule has 3 heterocycles. The number of nitrogens with zero attached hydrogens (tertiary/aromatic N) is 1. The van der Waals surface area contributed by atoms with Crippen molar-refractivity contribution in [2.45, 2.75) is 50.9 Å². The molecule has 1 aromatic heterocycles. The van der Waals surface area contributed by atoms with E-state index in [1.807, 2.05) is 11.3 Å². The summed E-state index contributed by atoms with van der Waals surface area (Å²) in [6, 6.07) is 3.04. The summed E-state index contributed by atoms with van der Waals surface area (Å²) in [5, 5.41) is 3.72. The molecule has 112 valence electrons. The Morgan fingerprint density at radius 2 is 2.15 bits per heavy atom. The van der Waals surface area contributed by atoms with Gasteiger partial charge in [-0.3, -0.25) is 0 Å². The van der Waals surface area contributed by atoms with Crippen LogP contribution in [0.1, 0.15) is 41.5 Å². The van der Waals surface area contributed by atoms with Crippen molar-refractivity contribution in [2.24, 2.45) is 0 Å². The number of aryl methyl sites for hydroxylation is 1. The van der Waals surface area contributed by atoms with Crippen LogP contribution >= 0.6 is 23.1 Å². The molecule has 1 N–H and O–H groups in total. The SMILES string of the molecule is CC(CN1CCCCC1)NCc1cc2c(s1)CCSC2. The Hall–Kier alpha value is -0.0300. The van der Waals surface area contributed by atoms with Crippen molar-refractivity contribution in [1.29, 1.82) is 0 Å². The predicted octanol–water partition coefficient (Wildman–Crippen LogP) is 3.50. The molecule has 1 atom stereocenters. The lowest BCUT2D eigenvalue weighted by Crippen LogP contribution is -2.41. The lowest BCUT2D eigenvalue weighted by atomic mass is 10.1. The van der Waals surface area contributed by atoms with E-state index in [1.54, 1.807) is 10.4 Å². The van der Waals surface area contributed by atoms with Gasteiger partial charge in [-0.2, -0.15) is 11.8 Å². The van der Waals surface area contributed by atoms with E-state index in [1.165, 1.54) is 61.7 Å². The van der Waals surface area contributed by atoms with E-state index < -0.39 is 0 Å². The van der Waals surface area contributed by atoms with Gasteiger partial charge in [0.25, 0.3) is 0 Å². The minimum atomic E-state index is 0.599. The van der Waals surface area contributed by atoms with E-state index in [2.05, 4.69) is 35.0 Å². The summed E-state index contributed by atoms with van der Waals surface area (Å²) in [5.41, 5.74) is 1.60. The quantitative estimate of drug-likeness (QED) is 0.896. The molecule has 0 aromatic carbocycles. The van der Waals surface area contributed by atoms with Crippen molar-refractivity contribution in [3.05, 3.63) is 21.4 Å². The van der Waals surface area contributed by atoms with Gasteiger partial charge in [0.1, 0.15) is 0 Å². The monoisotopic (exact) mass is 310 g/mol. The zero-order valence-corrected chi connectivity index (χ0v) is 14.1. The molecule has 20 heavy (non-hydrogen) atoms. The van der Waals surface area contributed by atoms with Crippen LogP contribution < -0.4 is 5.32 Å². The van der Waals surface area contributed by atoms with Crippen molar-refractivity contribution in [3.63, 3.8) is 0 Å². The van der Waals surface area contributed by atoms with E-state index in [9.17, 15) is 0 Å². The summed E-state index contributed by atoms with van der Waals surface area (Å²) < 4.78 is 0. The fraction of sp³-hybridized carbons (Fsp3) is 0.750. The molecule has 0 radical (unpaired) electrons. The average Bonchev–Trinajstić information content (AvgIpc) is 2.89. The fourth-order valence-corrected chi connectivity index (χ4v) is 5.49. The molecule has 1 aromatic rings. The first kappa shape index (κ1) is 14.9. The average molecular weight is 311 g/mol. The fourth-order valence-electron chi connectivity index (χ4n) is 3.16. The number of piperidine rings is 1. The molecule has 0 aliphatic carbocycles. The Balaban J connectivity index is 1.45. The predicted molar refractivity (Wildman–Crippen MR) is 90.8 cm³/mol. The summed E-state index contributed by atoms with van der Waals surface area (Å²) in [5.74, 6) is 2.54. The molecular formula is C16H26N2S2. The first-order chi connectivity index (χ1) is 9.81. The third-order valence-corrected chi connectivity index (χ3v) is 6.53. The van der Waals surface area contributed by atoms with Gasteiger partial charge in [-0.05, 0) is 56.7 Å². The smallest absolute Gasteiger partial charge is 0.0302 e. The second-order valence-electron chi connectivity index (χ2n) is 6.11. The first-order valence-electron chi connectivity index (χ1n) is 7.95. The second kappa shape index (κ2) is 7.30. The number of likely N-dealkylation sites (tertiary alicyclic amines) is 1. The molecule has 2 aliphatic rings. The highest BCUT2D eigenvalue weighted by molar-refractivity contribution is 7.98. The highest BCUT2D eigenvalue weighted by Crippen LogP contribution is 2.31. The van der Waals surface area contributed by atoms with Gasteiger partial charge in [-0.15, -0.1) is 11.3 Å². The largest absolute Gasteiger partial charge is 0.308 e. The third kappa shape index (κ3) is 4.00. The van der Waals surface area contributed by atoms with Crippen molar-refractivity contribution in [1.82, 2.24) is 10.2 Å². The normalized spacial score (nSPS) is 21.6. The number of nitrogens with one attached hydrogen (secondary N) is 1. The molecule has 0 spiro atoms. The lowest BCUT2D eigenvalue weighted by molar-refractivity contribution is 0.209.